The molecule has 1 aromatic carbocycles. The highest BCUT2D eigenvalue weighted by atomic mass is 16.2. The van der Waals surface area contributed by atoms with Gasteiger partial charge in [0.25, 0.3) is 0 Å². The van der Waals surface area contributed by atoms with Gasteiger partial charge in [0.15, 0.2) is 0 Å². The minimum atomic E-state index is -0.582. The van der Waals surface area contributed by atoms with E-state index < -0.39 is 6.03 Å². The van der Waals surface area contributed by atoms with Crippen LogP contribution in [-0.2, 0) is 4.79 Å². The van der Waals surface area contributed by atoms with E-state index in [9.17, 15) is 9.59 Å². The third-order valence-corrected chi connectivity index (χ3v) is 6.69. The molecule has 4 aliphatic rings. The summed E-state index contributed by atoms with van der Waals surface area (Å²) in [6, 6.07) is 7.33. The molecule has 3 N–H and O–H groups in total. The van der Waals surface area contributed by atoms with Crippen LogP contribution in [0.15, 0.2) is 24.3 Å². The highest BCUT2D eigenvalue weighted by molar-refractivity contribution is 5.79. The highest BCUT2D eigenvalue weighted by Crippen LogP contribution is 2.47. The van der Waals surface area contributed by atoms with Gasteiger partial charge < -0.3 is 16.0 Å². The molecule has 140 valence electrons. The van der Waals surface area contributed by atoms with Crippen molar-refractivity contribution in [2.45, 2.75) is 57.5 Å². The van der Waals surface area contributed by atoms with Gasteiger partial charge in [0, 0.05) is 12.6 Å². The SMILES string of the molecule is Cc1ccccc1C(CC(=O)N1CC2CC3CC(C2)CC1C3)NC(N)=O. The van der Waals surface area contributed by atoms with E-state index in [0.717, 1.165) is 42.3 Å². The second-order valence-electron chi connectivity index (χ2n) is 8.60. The Hall–Kier alpha value is -2.04. The van der Waals surface area contributed by atoms with E-state index in [1.54, 1.807) is 0 Å². The van der Waals surface area contributed by atoms with Gasteiger partial charge >= 0.3 is 6.03 Å². The smallest absolute Gasteiger partial charge is 0.312 e. The van der Waals surface area contributed by atoms with E-state index in [4.69, 9.17) is 5.73 Å². The van der Waals surface area contributed by atoms with Crippen LogP contribution in [0.3, 0.4) is 0 Å². The number of aryl methyl sites for hydroxylation is 1. The predicted octanol–water partition coefficient (Wildman–Crippen LogP) is 3.13. The van der Waals surface area contributed by atoms with Gasteiger partial charge in [0.05, 0.1) is 12.5 Å². The number of nitrogens with two attached hydrogens (primary N) is 1. The topological polar surface area (TPSA) is 75.4 Å². The van der Waals surface area contributed by atoms with Gasteiger partial charge in [-0.25, -0.2) is 4.79 Å². The third kappa shape index (κ3) is 3.44. The summed E-state index contributed by atoms with van der Waals surface area (Å²) < 4.78 is 0. The van der Waals surface area contributed by atoms with Crippen molar-refractivity contribution in [3.8, 4) is 0 Å². The lowest BCUT2D eigenvalue weighted by Gasteiger charge is -2.39. The number of hydrogen-bond acceptors (Lipinski definition) is 2. The van der Waals surface area contributed by atoms with Crippen molar-refractivity contribution < 1.29 is 9.59 Å². The van der Waals surface area contributed by atoms with E-state index in [2.05, 4.69) is 10.2 Å². The first-order valence-corrected chi connectivity index (χ1v) is 9.90. The molecule has 2 aliphatic carbocycles. The number of amides is 3. The summed E-state index contributed by atoms with van der Waals surface area (Å²) in [6.45, 7) is 2.90. The second-order valence-corrected chi connectivity index (χ2v) is 8.60. The van der Waals surface area contributed by atoms with Gasteiger partial charge in [0.1, 0.15) is 0 Å². The number of rotatable bonds is 4. The summed E-state index contributed by atoms with van der Waals surface area (Å²) >= 11 is 0. The molecule has 2 aliphatic heterocycles. The average Bonchev–Trinajstić information content (AvgIpc) is 2.78. The van der Waals surface area contributed by atoms with Crippen LogP contribution in [0.5, 0.6) is 0 Å². The van der Waals surface area contributed by atoms with Crippen LogP contribution in [-0.4, -0.2) is 29.4 Å². The lowest BCUT2D eigenvalue weighted by molar-refractivity contribution is -0.134. The summed E-state index contributed by atoms with van der Waals surface area (Å²) in [5, 5.41) is 2.79. The molecule has 0 aromatic heterocycles. The van der Waals surface area contributed by atoms with Crippen LogP contribution in [0.25, 0.3) is 0 Å². The number of fused-ring (bicyclic) bond motifs is 1. The summed E-state index contributed by atoms with van der Waals surface area (Å²) in [6.07, 6.45) is 6.56. The molecule has 4 bridgehead atoms. The van der Waals surface area contributed by atoms with Gasteiger partial charge in [-0.2, -0.15) is 0 Å². The molecule has 2 saturated carbocycles. The molecule has 3 amide bonds. The lowest BCUT2D eigenvalue weighted by Crippen LogP contribution is -2.44. The largest absolute Gasteiger partial charge is 0.352 e. The van der Waals surface area contributed by atoms with E-state index in [1.807, 2.05) is 31.2 Å². The fraction of sp³-hybridized carbons (Fsp3) is 0.619. The molecule has 2 saturated heterocycles. The maximum atomic E-state index is 13.2. The number of benzene rings is 1. The standard InChI is InChI=1S/C21H29N3O2/c1-13-4-2-3-5-18(13)19(23-21(22)26)11-20(25)24-12-16-7-14-6-15(8-16)10-17(24)9-14/h2-5,14-17,19H,6-12H2,1H3,(H3,22,23,26). The van der Waals surface area contributed by atoms with Crippen molar-refractivity contribution in [1.29, 1.82) is 0 Å². The molecule has 0 spiro atoms. The lowest BCUT2D eigenvalue weighted by atomic mass is 9.68. The van der Waals surface area contributed by atoms with Gasteiger partial charge in [0.2, 0.25) is 5.91 Å². The molecule has 3 unspecified atom stereocenters. The minimum absolute atomic E-state index is 0.158. The van der Waals surface area contributed by atoms with E-state index in [0.29, 0.717) is 12.0 Å². The number of urea groups is 1. The molecular formula is C21H29N3O2. The first kappa shape index (κ1) is 17.4. The Bertz CT molecular complexity index is 690. The second kappa shape index (κ2) is 6.93. The number of nitrogens with zero attached hydrogens (tertiary/aromatic N) is 1. The molecule has 4 fully saturated rings. The summed E-state index contributed by atoms with van der Waals surface area (Å²) in [5.41, 5.74) is 7.43. The monoisotopic (exact) mass is 355 g/mol. The molecule has 2 heterocycles. The Morgan fingerprint density at radius 3 is 2.42 bits per heavy atom. The average molecular weight is 355 g/mol. The third-order valence-electron chi connectivity index (χ3n) is 6.69. The fourth-order valence-corrected chi connectivity index (χ4v) is 5.77. The van der Waals surface area contributed by atoms with Crippen molar-refractivity contribution >= 4 is 11.9 Å². The fourth-order valence-electron chi connectivity index (χ4n) is 5.77. The zero-order valence-corrected chi connectivity index (χ0v) is 15.5. The van der Waals surface area contributed by atoms with Crippen molar-refractivity contribution in [3.63, 3.8) is 0 Å². The van der Waals surface area contributed by atoms with Crippen LogP contribution in [0.2, 0.25) is 0 Å². The van der Waals surface area contributed by atoms with Crippen molar-refractivity contribution in [2.75, 3.05) is 6.54 Å². The van der Waals surface area contributed by atoms with Gasteiger partial charge in [-0.1, -0.05) is 24.3 Å². The Morgan fingerprint density at radius 1 is 1.12 bits per heavy atom. The van der Waals surface area contributed by atoms with Crippen LogP contribution < -0.4 is 11.1 Å². The Kier molecular flexibility index (Phi) is 4.63. The normalized spacial score (nSPS) is 30.7. The summed E-state index contributed by atoms with van der Waals surface area (Å²) in [7, 11) is 0. The van der Waals surface area contributed by atoms with Crippen molar-refractivity contribution in [3.05, 3.63) is 35.4 Å². The van der Waals surface area contributed by atoms with E-state index >= 15 is 0 Å². The maximum Gasteiger partial charge on any atom is 0.312 e. The maximum absolute atomic E-state index is 13.2. The molecule has 5 nitrogen and oxygen atoms in total. The zero-order valence-electron chi connectivity index (χ0n) is 15.5. The molecule has 3 atom stereocenters. The Morgan fingerprint density at radius 2 is 1.77 bits per heavy atom. The Labute approximate surface area is 155 Å². The number of hydrogen-bond donors (Lipinski definition) is 2. The molecule has 0 radical (unpaired) electrons. The van der Waals surface area contributed by atoms with Crippen LogP contribution in [0, 0.1) is 24.7 Å². The number of nitrogens with one attached hydrogen (secondary N) is 1. The van der Waals surface area contributed by atoms with Crippen molar-refractivity contribution in [2.24, 2.45) is 23.5 Å². The first-order valence-electron chi connectivity index (χ1n) is 9.90. The minimum Gasteiger partial charge on any atom is -0.352 e. The first-order chi connectivity index (χ1) is 12.5. The van der Waals surface area contributed by atoms with E-state index in [-0.39, 0.29) is 18.4 Å². The van der Waals surface area contributed by atoms with Gasteiger partial charge in [-0.05, 0) is 67.9 Å². The van der Waals surface area contributed by atoms with Gasteiger partial charge in [-0.15, -0.1) is 0 Å². The summed E-state index contributed by atoms with van der Waals surface area (Å²) in [4.78, 5) is 26.9. The number of carbonyl (C=O) groups excluding carboxylic acids is 2. The van der Waals surface area contributed by atoms with Crippen LogP contribution in [0.4, 0.5) is 4.79 Å². The zero-order chi connectivity index (χ0) is 18.3. The predicted molar refractivity (Wildman–Crippen MR) is 100 cm³/mol. The molecule has 26 heavy (non-hydrogen) atoms. The van der Waals surface area contributed by atoms with Crippen molar-refractivity contribution in [1.82, 2.24) is 10.2 Å². The molecule has 5 rings (SSSR count). The highest BCUT2D eigenvalue weighted by Gasteiger charge is 2.44. The quantitative estimate of drug-likeness (QED) is 0.871. The number of carbonyl (C=O) groups is 2. The number of primary amides is 1. The van der Waals surface area contributed by atoms with Crippen LogP contribution >= 0.6 is 0 Å². The molecule has 5 heteroatoms. The Balaban J connectivity index is 1.53. The van der Waals surface area contributed by atoms with Gasteiger partial charge in [-0.3, -0.25) is 4.79 Å². The summed E-state index contributed by atoms with van der Waals surface area (Å²) in [5.74, 6) is 2.44. The molecular weight excluding hydrogens is 326 g/mol. The van der Waals surface area contributed by atoms with Crippen LogP contribution in [0.1, 0.15) is 55.7 Å². The van der Waals surface area contributed by atoms with E-state index in [1.165, 1.54) is 19.3 Å². The molecule has 1 aromatic rings.